The van der Waals surface area contributed by atoms with E-state index in [-0.39, 0.29) is 5.56 Å². The first kappa shape index (κ1) is 14.0. The minimum atomic E-state index is -0.930. The molecule has 0 heterocycles. The number of aryl methyl sites for hydroxylation is 1. The molecule has 0 aliphatic heterocycles. The molecular formula is C15H14BrFO2. The van der Waals surface area contributed by atoms with E-state index in [1.54, 1.807) is 18.2 Å². The Labute approximate surface area is 120 Å². The van der Waals surface area contributed by atoms with Gasteiger partial charge in [0.2, 0.25) is 0 Å². The van der Waals surface area contributed by atoms with Crippen LogP contribution in [0.4, 0.5) is 4.39 Å². The molecule has 0 unspecified atom stereocenters. The number of rotatable bonds is 3. The van der Waals surface area contributed by atoms with Crippen LogP contribution in [0.3, 0.4) is 0 Å². The van der Waals surface area contributed by atoms with E-state index in [4.69, 9.17) is 4.74 Å². The summed E-state index contributed by atoms with van der Waals surface area (Å²) in [5.41, 5.74) is 1.25. The van der Waals surface area contributed by atoms with Crippen LogP contribution in [0.15, 0.2) is 40.9 Å². The first-order chi connectivity index (χ1) is 8.99. The highest BCUT2D eigenvalue weighted by Gasteiger charge is 2.16. The quantitative estimate of drug-likeness (QED) is 0.883. The Hall–Kier alpha value is -1.39. The summed E-state index contributed by atoms with van der Waals surface area (Å²) < 4.78 is 20.2. The third kappa shape index (κ3) is 3.14. The Morgan fingerprint density at radius 2 is 1.95 bits per heavy atom. The monoisotopic (exact) mass is 324 g/mol. The summed E-state index contributed by atoms with van der Waals surface area (Å²) in [5, 5.41) is 9.65. The Kier molecular flexibility index (Phi) is 4.22. The fourth-order valence-corrected chi connectivity index (χ4v) is 2.39. The molecule has 2 aromatic carbocycles. The summed E-state index contributed by atoms with van der Waals surface area (Å²) in [4.78, 5) is 0. The second-order valence-electron chi connectivity index (χ2n) is 4.36. The predicted octanol–water partition coefficient (Wildman–Crippen LogP) is 4.74. The molecule has 2 rings (SSSR count). The lowest BCUT2D eigenvalue weighted by atomic mass is 10.1. The van der Waals surface area contributed by atoms with Crippen LogP contribution in [0.1, 0.15) is 24.2 Å². The highest BCUT2D eigenvalue weighted by Crippen LogP contribution is 2.35. The molecule has 0 aliphatic rings. The lowest BCUT2D eigenvalue weighted by molar-refractivity contribution is 0.190. The number of aliphatic hydroxyl groups is 1. The van der Waals surface area contributed by atoms with Gasteiger partial charge in [0.1, 0.15) is 17.3 Å². The fourth-order valence-electron chi connectivity index (χ4n) is 1.82. The lowest BCUT2D eigenvalue weighted by Crippen LogP contribution is -2.00. The number of hydrogen-bond acceptors (Lipinski definition) is 2. The van der Waals surface area contributed by atoms with Crippen molar-refractivity contribution in [3.8, 4) is 11.5 Å². The molecule has 0 amide bonds. The van der Waals surface area contributed by atoms with Gasteiger partial charge in [-0.1, -0.05) is 12.1 Å². The van der Waals surface area contributed by atoms with Crippen molar-refractivity contribution in [2.45, 2.75) is 20.0 Å². The summed E-state index contributed by atoms with van der Waals surface area (Å²) in [7, 11) is 0. The Bertz CT molecular complexity index is 597. The highest BCUT2D eigenvalue weighted by atomic mass is 79.9. The number of aliphatic hydroxyl groups excluding tert-OH is 1. The minimum absolute atomic E-state index is 0.162. The summed E-state index contributed by atoms with van der Waals surface area (Å²) in [6.07, 6.45) is -0.930. The van der Waals surface area contributed by atoms with Crippen LogP contribution < -0.4 is 4.74 Å². The summed E-state index contributed by atoms with van der Waals surface area (Å²) in [6.45, 7) is 3.48. The minimum Gasteiger partial charge on any atom is -0.456 e. The average Bonchev–Trinajstić information content (AvgIpc) is 2.32. The van der Waals surface area contributed by atoms with Gasteiger partial charge < -0.3 is 9.84 Å². The predicted molar refractivity (Wildman–Crippen MR) is 76.0 cm³/mol. The van der Waals surface area contributed by atoms with E-state index < -0.39 is 11.9 Å². The van der Waals surface area contributed by atoms with Gasteiger partial charge in [-0.25, -0.2) is 4.39 Å². The van der Waals surface area contributed by atoms with Crippen molar-refractivity contribution in [3.63, 3.8) is 0 Å². The van der Waals surface area contributed by atoms with Crippen molar-refractivity contribution in [1.82, 2.24) is 0 Å². The second-order valence-corrected chi connectivity index (χ2v) is 5.22. The summed E-state index contributed by atoms with van der Waals surface area (Å²) >= 11 is 3.40. The maximum absolute atomic E-state index is 13.7. The number of halogens is 2. The molecule has 1 N–H and O–H groups in total. The molecule has 0 radical (unpaired) electrons. The van der Waals surface area contributed by atoms with Gasteiger partial charge in [0, 0.05) is 0 Å². The van der Waals surface area contributed by atoms with Crippen LogP contribution in [0.5, 0.6) is 11.5 Å². The molecule has 0 fully saturated rings. The molecule has 19 heavy (non-hydrogen) atoms. The Morgan fingerprint density at radius 1 is 1.21 bits per heavy atom. The molecule has 2 aromatic rings. The zero-order valence-corrected chi connectivity index (χ0v) is 12.2. The Morgan fingerprint density at radius 3 is 2.58 bits per heavy atom. The zero-order valence-electron chi connectivity index (χ0n) is 10.7. The van der Waals surface area contributed by atoms with Crippen molar-refractivity contribution < 1.29 is 14.2 Å². The molecule has 0 bridgehead atoms. The molecule has 0 saturated carbocycles. The SMILES string of the molecule is Cc1ccc(Oc2cccc(F)c2[C@@H](C)O)c(Br)c1. The largest absolute Gasteiger partial charge is 0.456 e. The zero-order chi connectivity index (χ0) is 14.0. The molecule has 0 aliphatic carbocycles. The molecular weight excluding hydrogens is 311 g/mol. The van der Waals surface area contributed by atoms with E-state index in [0.29, 0.717) is 11.5 Å². The van der Waals surface area contributed by atoms with Gasteiger partial charge >= 0.3 is 0 Å². The molecule has 1 atom stereocenters. The maximum atomic E-state index is 13.7. The first-order valence-electron chi connectivity index (χ1n) is 5.89. The van der Waals surface area contributed by atoms with E-state index in [0.717, 1.165) is 10.0 Å². The smallest absolute Gasteiger partial charge is 0.141 e. The number of hydrogen-bond donors (Lipinski definition) is 1. The van der Waals surface area contributed by atoms with Crippen LogP contribution >= 0.6 is 15.9 Å². The topological polar surface area (TPSA) is 29.5 Å². The molecule has 2 nitrogen and oxygen atoms in total. The van der Waals surface area contributed by atoms with E-state index in [1.807, 2.05) is 19.1 Å². The van der Waals surface area contributed by atoms with Crippen LogP contribution in [0.2, 0.25) is 0 Å². The normalized spacial score (nSPS) is 12.3. The van der Waals surface area contributed by atoms with Crippen molar-refractivity contribution in [2.75, 3.05) is 0 Å². The number of ether oxygens (including phenoxy) is 1. The van der Waals surface area contributed by atoms with Gasteiger partial charge in [0.25, 0.3) is 0 Å². The summed E-state index contributed by atoms with van der Waals surface area (Å²) in [5.74, 6) is 0.424. The molecule has 4 heteroatoms. The van der Waals surface area contributed by atoms with Gasteiger partial charge in [-0.2, -0.15) is 0 Å². The van der Waals surface area contributed by atoms with Gasteiger partial charge in [-0.3, -0.25) is 0 Å². The van der Waals surface area contributed by atoms with E-state index >= 15 is 0 Å². The highest BCUT2D eigenvalue weighted by molar-refractivity contribution is 9.10. The van der Waals surface area contributed by atoms with Crippen LogP contribution in [0, 0.1) is 12.7 Å². The maximum Gasteiger partial charge on any atom is 0.141 e. The van der Waals surface area contributed by atoms with Crippen molar-refractivity contribution in [2.24, 2.45) is 0 Å². The van der Waals surface area contributed by atoms with Gasteiger partial charge in [0.15, 0.2) is 0 Å². The Balaban J connectivity index is 2.41. The lowest BCUT2D eigenvalue weighted by Gasteiger charge is -2.15. The van der Waals surface area contributed by atoms with Gasteiger partial charge in [-0.05, 0) is 59.6 Å². The first-order valence-corrected chi connectivity index (χ1v) is 6.69. The fraction of sp³-hybridized carbons (Fsp3) is 0.200. The van der Waals surface area contributed by atoms with Crippen LogP contribution in [0.25, 0.3) is 0 Å². The molecule has 0 aromatic heterocycles. The van der Waals surface area contributed by atoms with Crippen LogP contribution in [-0.2, 0) is 0 Å². The van der Waals surface area contributed by atoms with E-state index in [1.165, 1.54) is 13.0 Å². The third-order valence-electron chi connectivity index (χ3n) is 2.74. The van der Waals surface area contributed by atoms with Gasteiger partial charge in [0.05, 0.1) is 16.1 Å². The third-order valence-corrected chi connectivity index (χ3v) is 3.36. The molecule has 0 spiro atoms. The van der Waals surface area contributed by atoms with Crippen molar-refractivity contribution in [1.29, 1.82) is 0 Å². The second kappa shape index (κ2) is 5.72. The van der Waals surface area contributed by atoms with E-state index in [9.17, 15) is 9.50 Å². The number of benzene rings is 2. The molecule has 0 saturated heterocycles. The van der Waals surface area contributed by atoms with Gasteiger partial charge in [-0.15, -0.1) is 0 Å². The van der Waals surface area contributed by atoms with Crippen molar-refractivity contribution >= 4 is 15.9 Å². The van der Waals surface area contributed by atoms with Crippen molar-refractivity contribution in [3.05, 3.63) is 57.8 Å². The standard InChI is InChI=1S/C15H14BrFO2/c1-9-6-7-13(11(16)8-9)19-14-5-3-4-12(17)15(14)10(2)18/h3-8,10,18H,1-2H3/t10-/m1/s1. The van der Waals surface area contributed by atoms with E-state index in [2.05, 4.69) is 15.9 Å². The molecule has 100 valence electrons. The summed E-state index contributed by atoms with van der Waals surface area (Å²) in [6, 6.07) is 10.1. The van der Waals surface area contributed by atoms with Crippen LogP contribution in [-0.4, -0.2) is 5.11 Å². The average molecular weight is 325 g/mol.